The fraction of sp³-hybridized carbons (Fsp3) is 0.333. The third-order valence-electron chi connectivity index (χ3n) is 6.56. The number of nitrogens with zero attached hydrogens (tertiary/aromatic N) is 1. The molecule has 0 saturated carbocycles. The van der Waals surface area contributed by atoms with E-state index >= 15 is 0 Å². The van der Waals surface area contributed by atoms with E-state index in [1.807, 2.05) is 47.4 Å². The summed E-state index contributed by atoms with van der Waals surface area (Å²) in [6, 6.07) is 30.2. The first-order chi connectivity index (χ1) is 17.7. The number of benzene rings is 3. The van der Waals surface area contributed by atoms with Crippen molar-refractivity contribution < 1.29 is 14.3 Å². The van der Waals surface area contributed by atoms with Crippen molar-refractivity contribution in [1.29, 1.82) is 0 Å². The monoisotopic (exact) mass is 485 g/mol. The molecule has 4 rings (SSSR count). The first-order valence-electron chi connectivity index (χ1n) is 12.8. The van der Waals surface area contributed by atoms with E-state index in [2.05, 4.69) is 59.2 Å². The molecule has 6 heteroatoms. The van der Waals surface area contributed by atoms with Gasteiger partial charge in [-0.25, -0.2) is 4.79 Å². The Morgan fingerprint density at radius 2 is 1.56 bits per heavy atom. The van der Waals surface area contributed by atoms with Crippen LogP contribution in [0.1, 0.15) is 41.9 Å². The van der Waals surface area contributed by atoms with Crippen LogP contribution >= 0.6 is 0 Å². The molecule has 1 aliphatic rings. The van der Waals surface area contributed by atoms with Gasteiger partial charge in [-0.3, -0.25) is 4.79 Å². The van der Waals surface area contributed by atoms with Crippen LogP contribution in [0.25, 0.3) is 0 Å². The highest BCUT2D eigenvalue weighted by molar-refractivity contribution is 5.82. The van der Waals surface area contributed by atoms with Gasteiger partial charge in [-0.05, 0) is 42.5 Å². The van der Waals surface area contributed by atoms with Gasteiger partial charge >= 0.3 is 6.09 Å². The van der Waals surface area contributed by atoms with E-state index in [-0.39, 0.29) is 24.5 Å². The first kappa shape index (κ1) is 25.5. The van der Waals surface area contributed by atoms with Crippen molar-refractivity contribution in [1.82, 2.24) is 15.5 Å². The number of carbonyl (C=O) groups is 2. The number of amides is 2. The van der Waals surface area contributed by atoms with Crippen molar-refractivity contribution in [3.05, 3.63) is 108 Å². The zero-order chi connectivity index (χ0) is 25.0. The Labute approximate surface area is 213 Å². The number of hydrogen-bond donors (Lipinski definition) is 2. The first-order valence-corrected chi connectivity index (χ1v) is 12.8. The summed E-state index contributed by atoms with van der Waals surface area (Å²) in [6.45, 7) is 2.91. The lowest BCUT2D eigenvalue weighted by Crippen LogP contribution is -2.45. The average molecular weight is 486 g/mol. The summed E-state index contributed by atoms with van der Waals surface area (Å²) in [7, 11) is 0. The molecular weight excluding hydrogens is 450 g/mol. The van der Waals surface area contributed by atoms with E-state index in [9.17, 15) is 9.59 Å². The van der Waals surface area contributed by atoms with Gasteiger partial charge in [0.25, 0.3) is 0 Å². The predicted molar refractivity (Wildman–Crippen MR) is 142 cm³/mol. The van der Waals surface area contributed by atoms with E-state index in [1.54, 1.807) is 0 Å². The van der Waals surface area contributed by atoms with Crippen LogP contribution in [0.5, 0.6) is 0 Å². The van der Waals surface area contributed by atoms with Crippen LogP contribution in [0.3, 0.4) is 0 Å². The maximum absolute atomic E-state index is 13.5. The van der Waals surface area contributed by atoms with Crippen LogP contribution in [0.4, 0.5) is 4.79 Å². The fourth-order valence-corrected chi connectivity index (χ4v) is 4.64. The molecule has 1 saturated heterocycles. The Morgan fingerprint density at radius 3 is 2.19 bits per heavy atom. The Hall–Kier alpha value is -3.64. The van der Waals surface area contributed by atoms with Gasteiger partial charge in [0.1, 0.15) is 6.61 Å². The molecule has 1 aliphatic heterocycles. The number of alkyl carbamates (subject to hydrolysis) is 1. The van der Waals surface area contributed by atoms with Crippen LogP contribution in [-0.2, 0) is 16.1 Å². The summed E-state index contributed by atoms with van der Waals surface area (Å²) >= 11 is 0. The van der Waals surface area contributed by atoms with Gasteiger partial charge in [0, 0.05) is 25.6 Å². The van der Waals surface area contributed by atoms with Crippen LogP contribution in [0, 0.1) is 0 Å². The van der Waals surface area contributed by atoms with Gasteiger partial charge in [0.05, 0.1) is 6.04 Å². The molecule has 36 heavy (non-hydrogen) atoms. The molecule has 0 unspecified atom stereocenters. The van der Waals surface area contributed by atoms with Crippen molar-refractivity contribution >= 4 is 12.0 Å². The molecular formula is C30H35N3O3. The summed E-state index contributed by atoms with van der Waals surface area (Å²) in [4.78, 5) is 27.5. The fourth-order valence-electron chi connectivity index (χ4n) is 4.64. The third kappa shape index (κ3) is 7.43. The van der Waals surface area contributed by atoms with Gasteiger partial charge in [-0.15, -0.1) is 0 Å². The molecule has 2 amide bonds. The Morgan fingerprint density at radius 1 is 0.944 bits per heavy atom. The Balaban J connectivity index is 1.29. The number of carbonyl (C=O) groups excluding carboxylic acids is 2. The van der Waals surface area contributed by atoms with Crippen LogP contribution in [0.15, 0.2) is 91.0 Å². The van der Waals surface area contributed by atoms with E-state index in [1.165, 1.54) is 11.1 Å². The third-order valence-corrected chi connectivity index (χ3v) is 6.56. The molecule has 0 bridgehead atoms. The van der Waals surface area contributed by atoms with E-state index < -0.39 is 6.09 Å². The molecule has 0 spiro atoms. The normalized spacial score (nSPS) is 16.0. The van der Waals surface area contributed by atoms with Crippen molar-refractivity contribution in [2.24, 2.45) is 0 Å². The van der Waals surface area contributed by atoms with Crippen molar-refractivity contribution in [2.45, 2.75) is 37.8 Å². The standard InChI is InChI=1S/C30H35N3O3/c34-29-28(18-10-19-32-30(35)36-23-24-12-4-1-5-13-24)31-20-11-21-33(29)22-27(25-14-6-2-7-15-25)26-16-8-3-9-17-26/h1-9,12-17,27-28,31H,10-11,18-23H2,(H,32,35)/t28-/m0/s1. The highest BCUT2D eigenvalue weighted by Crippen LogP contribution is 2.26. The number of hydrogen-bond acceptors (Lipinski definition) is 4. The number of nitrogens with one attached hydrogen (secondary N) is 2. The average Bonchev–Trinajstić information content (AvgIpc) is 3.10. The zero-order valence-electron chi connectivity index (χ0n) is 20.6. The van der Waals surface area contributed by atoms with Gasteiger partial charge < -0.3 is 20.3 Å². The minimum Gasteiger partial charge on any atom is -0.445 e. The maximum atomic E-state index is 13.5. The molecule has 3 aromatic carbocycles. The predicted octanol–water partition coefficient (Wildman–Crippen LogP) is 4.72. The SMILES string of the molecule is O=C(NCCC[C@@H]1NCCCN(CC(c2ccccc2)c2ccccc2)C1=O)OCc1ccccc1. The van der Waals surface area contributed by atoms with Gasteiger partial charge in [-0.1, -0.05) is 91.0 Å². The summed E-state index contributed by atoms with van der Waals surface area (Å²) in [6.07, 6.45) is 1.84. The molecule has 1 fully saturated rings. The molecule has 6 nitrogen and oxygen atoms in total. The van der Waals surface area contributed by atoms with E-state index in [0.717, 1.165) is 25.1 Å². The van der Waals surface area contributed by atoms with Crippen LogP contribution in [-0.4, -0.2) is 49.1 Å². The second-order valence-corrected chi connectivity index (χ2v) is 9.15. The van der Waals surface area contributed by atoms with Crippen molar-refractivity contribution in [2.75, 3.05) is 26.2 Å². The molecule has 0 aromatic heterocycles. The van der Waals surface area contributed by atoms with E-state index in [0.29, 0.717) is 25.9 Å². The molecule has 188 valence electrons. The molecule has 1 heterocycles. The minimum absolute atomic E-state index is 0.121. The smallest absolute Gasteiger partial charge is 0.407 e. The number of rotatable bonds is 10. The summed E-state index contributed by atoms with van der Waals surface area (Å²) in [5, 5.41) is 6.21. The molecule has 3 aromatic rings. The lowest BCUT2D eigenvalue weighted by atomic mass is 9.90. The second kappa shape index (κ2) is 13.4. The minimum atomic E-state index is -0.436. The van der Waals surface area contributed by atoms with E-state index in [4.69, 9.17) is 4.74 Å². The van der Waals surface area contributed by atoms with Crippen LogP contribution < -0.4 is 10.6 Å². The van der Waals surface area contributed by atoms with Crippen molar-refractivity contribution in [3.8, 4) is 0 Å². The molecule has 0 radical (unpaired) electrons. The summed E-state index contributed by atoms with van der Waals surface area (Å²) in [5.74, 6) is 0.257. The molecule has 2 N–H and O–H groups in total. The zero-order valence-corrected chi connectivity index (χ0v) is 20.6. The lowest BCUT2D eigenvalue weighted by molar-refractivity contribution is -0.133. The van der Waals surface area contributed by atoms with Gasteiger partial charge in [0.2, 0.25) is 5.91 Å². The summed E-state index contributed by atoms with van der Waals surface area (Å²) in [5.41, 5.74) is 3.37. The van der Waals surface area contributed by atoms with Crippen molar-refractivity contribution in [3.63, 3.8) is 0 Å². The molecule has 0 aliphatic carbocycles. The number of ether oxygens (including phenoxy) is 1. The highest BCUT2D eigenvalue weighted by Gasteiger charge is 2.29. The van der Waals surface area contributed by atoms with Gasteiger partial charge in [-0.2, -0.15) is 0 Å². The lowest BCUT2D eigenvalue weighted by Gasteiger charge is -2.29. The summed E-state index contributed by atoms with van der Waals surface area (Å²) < 4.78 is 5.27. The van der Waals surface area contributed by atoms with Crippen LogP contribution in [0.2, 0.25) is 0 Å². The quantitative estimate of drug-likeness (QED) is 0.408. The Bertz CT molecular complexity index is 1040. The largest absolute Gasteiger partial charge is 0.445 e. The highest BCUT2D eigenvalue weighted by atomic mass is 16.5. The maximum Gasteiger partial charge on any atom is 0.407 e. The topological polar surface area (TPSA) is 70.7 Å². The van der Waals surface area contributed by atoms with Gasteiger partial charge in [0.15, 0.2) is 0 Å². The second-order valence-electron chi connectivity index (χ2n) is 9.15. The Kier molecular flexibility index (Phi) is 9.51. The molecule has 1 atom stereocenters.